The first-order valence-corrected chi connectivity index (χ1v) is 13.0. The van der Waals surface area contributed by atoms with Gasteiger partial charge in [-0.1, -0.05) is 63.2 Å². The van der Waals surface area contributed by atoms with Crippen molar-refractivity contribution >= 4 is 34.1 Å². The molecule has 0 radical (unpaired) electrons. The Morgan fingerprint density at radius 3 is 2.30 bits per heavy atom. The Hall–Kier alpha value is -3.99. The maximum Gasteiger partial charge on any atom is 0.260 e. The van der Waals surface area contributed by atoms with Gasteiger partial charge in [-0.05, 0) is 64.7 Å². The van der Waals surface area contributed by atoms with Crippen molar-refractivity contribution in [1.82, 2.24) is 4.57 Å². The first kappa shape index (κ1) is 22.2. The molecule has 0 aliphatic carbocycles. The summed E-state index contributed by atoms with van der Waals surface area (Å²) in [4.78, 5) is 0. The van der Waals surface area contributed by atoms with Crippen LogP contribution in [0.25, 0.3) is 16.7 Å². The zero-order valence-corrected chi connectivity index (χ0v) is 22.2. The summed E-state index contributed by atoms with van der Waals surface area (Å²) in [5.74, 6) is 4.75. The van der Waals surface area contributed by atoms with Gasteiger partial charge >= 0.3 is 0 Å². The van der Waals surface area contributed by atoms with E-state index in [9.17, 15) is 0 Å². The number of aromatic nitrogens is 2. The van der Waals surface area contributed by atoms with Crippen LogP contribution >= 0.6 is 0 Å². The molecule has 37 heavy (non-hydrogen) atoms. The second-order valence-electron chi connectivity index (χ2n) is 11.4. The van der Waals surface area contributed by atoms with Crippen LogP contribution in [0.2, 0.25) is 0 Å². The molecule has 4 aromatic carbocycles. The predicted octanol–water partition coefficient (Wildman–Crippen LogP) is 5.10. The maximum absolute atomic E-state index is 6.73. The SMILES string of the molecule is Cc1ccc(C(C)(C)C)cc1-n1c(C)[n+](C)c2c3c(ccc21)B1c2ccccc2Oc2cccc(c21)O3. The van der Waals surface area contributed by atoms with Gasteiger partial charge < -0.3 is 9.47 Å². The van der Waals surface area contributed by atoms with Crippen LogP contribution in [-0.4, -0.2) is 11.3 Å². The van der Waals surface area contributed by atoms with Crippen molar-refractivity contribution in [2.45, 2.75) is 40.0 Å². The van der Waals surface area contributed by atoms with Gasteiger partial charge in [-0.25, -0.2) is 4.57 Å². The van der Waals surface area contributed by atoms with Crippen LogP contribution in [0.3, 0.4) is 0 Å². The van der Waals surface area contributed by atoms with E-state index in [2.05, 4.69) is 105 Å². The Labute approximate surface area is 218 Å². The lowest BCUT2D eigenvalue weighted by Gasteiger charge is -2.32. The number of imidazole rings is 1. The fraction of sp³-hybridized carbons (Fsp3) is 0.219. The molecule has 0 amide bonds. The Kier molecular flexibility index (Phi) is 4.52. The maximum atomic E-state index is 6.73. The molecule has 5 aromatic rings. The molecule has 0 atom stereocenters. The minimum absolute atomic E-state index is 0.0684. The van der Waals surface area contributed by atoms with Crippen molar-refractivity contribution in [2.24, 2.45) is 7.05 Å². The lowest BCUT2D eigenvalue weighted by Crippen LogP contribution is -2.57. The number of hydrogen-bond donors (Lipinski definition) is 0. The molecule has 0 bridgehead atoms. The Morgan fingerprint density at radius 2 is 1.51 bits per heavy atom. The Bertz CT molecular complexity index is 1760. The zero-order chi connectivity index (χ0) is 25.6. The minimum atomic E-state index is 0.0684. The first-order valence-electron chi connectivity index (χ1n) is 13.0. The number of hydrogen-bond acceptors (Lipinski definition) is 2. The number of aryl methyl sites for hydroxylation is 2. The van der Waals surface area contributed by atoms with Gasteiger partial charge in [0.15, 0.2) is 11.3 Å². The second-order valence-corrected chi connectivity index (χ2v) is 11.4. The monoisotopic (exact) mass is 485 g/mol. The molecule has 4 nitrogen and oxygen atoms in total. The third-order valence-electron chi connectivity index (χ3n) is 8.13. The molecule has 7 rings (SSSR count). The molecule has 3 heterocycles. The molecule has 182 valence electrons. The summed E-state index contributed by atoms with van der Waals surface area (Å²) in [6.07, 6.45) is 0. The fourth-order valence-corrected chi connectivity index (χ4v) is 6.03. The smallest absolute Gasteiger partial charge is 0.260 e. The molecule has 0 N–H and O–H groups in total. The average molecular weight is 485 g/mol. The molecule has 1 aromatic heterocycles. The van der Waals surface area contributed by atoms with E-state index in [1.807, 2.05) is 18.2 Å². The van der Waals surface area contributed by atoms with E-state index < -0.39 is 0 Å². The van der Waals surface area contributed by atoms with Crippen LogP contribution in [0.5, 0.6) is 23.0 Å². The van der Waals surface area contributed by atoms with Gasteiger partial charge in [-0.3, -0.25) is 0 Å². The summed E-state index contributed by atoms with van der Waals surface area (Å²) in [6, 6.07) is 25.8. The molecule has 0 unspecified atom stereocenters. The van der Waals surface area contributed by atoms with E-state index in [-0.39, 0.29) is 12.1 Å². The topological polar surface area (TPSA) is 27.3 Å². The largest absolute Gasteiger partial charge is 0.458 e. The van der Waals surface area contributed by atoms with E-state index in [4.69, 9.17) is 9.47 Å². The van der Waals surface area contributed by atoms with Gasteiger partial charge in [0.25, 0.3) is 12.5 Å². The highest BCUT2D eigenvalue weighted by Gasteiger charge is 2.42. The predicted molar refractivity (Wildman–Crippen MR) is 150 cm³/mol. The Balaban J connectivity index is 1.52. The lowest BCUT2D eigenvalue weighted by atomic mass is 9.35. The number of nitrogens with zero attached hydrogens (tertiary/aromatic N) is 2. The van der Waals surface area contributed by atoms with Gasteiger partial charge in [0, 0.05) is 12.4 Å². The molecule has 2 aliphatic rings. The quantitative estimate of drug-likeness (QED) is 0.239. The zero-order valence-electron chi connectivity index (χ0n) is 22.2. The Morgan fingerprint density at radius 1 is 0.784 bits per heavy atom. The summed E-state index contributed by atoms with van der Waals surface area (Å²) < 4.78 is 17.7. The van der Waals surface area contributed by atoms with Gasteiger partial charge in [-0.15, -0.1) is 0 Å². The molecule has 2 aliphatic heterocycles. The van der Waals surface area contributed by atoms with Crippen LogP contribution in [-0.2, 0) is 12.5 Å². The molecule has 0 spiro atoms. The van der Waals surface area contributed by atoms with Gasteiger partial charge in [0.2, 0.25) is 5.52 Å². The molecule has 0 saturated carbocycles. The number of para-hydroxylation sites is 1. The van der Waals surface area contributed by atoms with Crippen molar-refractivity contribution in [3.05, 3.63) is 89.7 Å². The van der Waals surface area contributed by atoms with Crippen molar-refractivity contribution in [1.29, 1.82) is 0 Å². The van der Waals surface area contributed by atoms with Crippen LogP contribution in [0.15, 0.2) is 72.8 Å². The number of fused-ring (bicyclic) bond motifs is 6. The second kappa shape index (κ2) is 7.52. The van der Waals surface area contributed by atoms with Crippen molar-refractivity contribution in [2.75, 3.05) is 0 Å². The van der Waals surface area contributed by atoms with E-state index >= 15 is 0 Å². The standard InChI is InChI=1S/C32H30BN2O2/c1-19-14-15-21(32(3,4)5)18-25(19)35-20(2)34(6)30-24(35)17-16-23-31(30)37-28-13-9-12-27-29(28)33(23)22-10-7-8-11-26(22)36-27/h7-18H,1-6H3/q+1. The summed E-state index contributed by atoms with van der Waals surface area (Å²) in [5, 5.41) is 0. The van der Waals surface area contributed by atoms with Crippen LogP contribution in [0.4, 0.5) is 0 Å². The van der Waals surface area contributed by atoms with Gasteiger partial charge in [0.05, 0.1) is 7.05 Å². The highest BCUT2D eigenvalue weighted by Crippen LogP contribution is 2.38. The molecular formula is C32H30BN2O2+. The third-order valence-corrected chi connectivity index (χ3v) is 8.13. The molecule has 5 heteroatoms. The molecule has 0 saturated heterocycles. The summed E-state index contributed by atoms with van der Waals surface area (Å²) in [5.41, 5.74) is 9.58. The summed E-state index contributed by atoms with van der Waals surface area (Å²) in [7, 11) is 2.14. The minimum Gasteiger partial charge on any atom is -0.458 e. The van der Waals surface area contributed by atoms with Crippen LogP contribution in [0.1, 0.15) is 37.7 Å². The van der Waals surface area contributed by atoms with Gasteiger partial charge in [-0.2, -0.15) is 4.57 Å². The van der Waals surface area contributed by atoms with Crippen LogP contribution < -0.4 is 30.4 Å². The first-order chi connectivity index (χ1) is 17.7. The third kappa shape index (κ3) is 3.06. The van der Waals surface area contributed by atoms with E-state index in [0.29, 0.717) is 0 Å². The van der Waals surface area contributed by atoms with E-state index in [1.54, 1.807) is 0 Å². The number of ether oxygens (including phenoxy) is 2. The van der Waals surface area contributed by atoms with Crippen molar-refractivity contribution in [3.63, 3.8) is 0 Å². The summed E-state index contributed by atoms with van der Waals surface area (Å²) >= 11 is 0. The molecule has 0 fully saturated rings. The van der Waals surface area contributed by atoms with E-state index in [1.165, 1.54) is 27.7 Å². The van der Waals surface area contributed by atoms with Crippen LogP contribution in [0, 0.1) is 13.8 Å². The van der Waals surface area contributed by atoms with Crippen molar-refractivity contribution < 1.29 is 14.0 Å². The van der Waals surface area contributed by atoms with Gasteiger partial charge in [0.1, 0.15) is 22.9 Å². The fourth-order valence-electron chi connectivity index (χ4n) is 6.03. The highest BCUT2D eigenvalue weighted by atomic mass is 16.5. The van der Waals surface area contributed by atoms with E-state index in [0.717, 1.165) is 45.3 Å². The average Bonchev–Trinajstić information content (AvgIpc) is 3.13. The van der Waals surface area contributed by atoms with Crippen molar-refractivity contribution in [3.8, 4) is 28.7 Å². The number of benzene rings is 4. The lowest BCUT2D eigenvalue weighted by molar-refractivity contribution is -0.652. The normalized spacial score (nSPS) is 13.5. The number of rotatable bonds is 1. The molecular weight excluding hydrogens is 455 g/mol. The summed E-state index contributed by atoms with van der Waals surface area (Å²) in [6.45, 7) is 11.3. The highest BCUT2D eigenvalue weighted by molar-refractivity contribution is 6.98.